The topological polar surface area (TPSA) is 25.8 Å². The lowest BCUT2D eigenvalue weighted by Gasteiger charge is -2.13. The summed E-state index contributed by atoms with van der Waals surface area (Å²) in [5.41, 5.74) is 6.25. The third-order valence-electron chi connectivity index (χ3n) is 7.59. The number of nitrogens with zero attached hydrogens (tertiary/aromatic N) is 2. The van der Waals surface area contributed by atoms with Gasteiger partial charge in [0, 0.05) is 21.9 Å². The van der Waals surface area contributed by atoms with E-state index in [4.69, 9.17) is 9.97 Å². The number of hydrogen-bond acceptors (Lipinski definition) is 2. The Balaban J connectivity index is 1.30. The Morgan fingerprint density at radius 1 is 0.316 bits per heavy atom. The van der Waals surface area contributed by atoms with E-state index in [1.54, 1.807) is 0 Å². The van der Waals surface area contributed by atoms with E-state index in [-0.39, 0.29) is 0 Å². The molecular weight excluding hydrogens is 460 g/mol. The highest BCUT2D eigenvalue weighted by Crippen LogP contribution is 2.36. The van der Waals surface area contributed by atoms with Crippen LogP contribution >= 0.6 is 0 Å². The van der Waals surface area contributed by atoms with Crippen LogP contribution in [0, 0.1) is 0 Å². The fourth-order valence-electron chi connectivity index (χ4n) is 5.67. The summed E-state index contributed by atoms with van der Waals surface area (Å²) in [6.07, 6.45) is 0. The highest BCUT2D eigenvalue weighted by Gasteiger charge is 2.12. The maximum Gasteiger partial charge on any atom is 0.0715 e. The molecule has 2 heteroatoms. The standard InChI is InChI=1S/C36H22N2/c1-3-9-25-21-35-27(19-23(25)7-1)13-17-33(37-35)31-15-16-32(30-12-6-5-11-29(30)31)34-18-14-28-20-24-8-2-4-10-26(24)22-36(28)38-34/h1-22H. The van der Waals surface area contributed by atoms with Crippen molar-refractivity contribution in [1.82, 2.24) is 9.97 Å². The van der Waals surface area contributed by atoms with Crippen LogP contribution in [0.25, 0.3) is 76.6 Å². The van der Waals surface area contributed by atoms with Crippen molar-refractivity contribution < 1.29 is 0 Å². The van der Waals surface area contributed by atoms with Gasteiger partial charge in [-0.05, 0) is 68.7 Å². The Hall–Kier alpha value is -5.08. The molecular formula is C36H22N2. The molecule has 0 saturated carbocycles. The van der Waals surface area contributed by atoms with E-state index in [0.29, 0.717) is 0 Å². The summed E-state index contributed by atoms with van der Waals surface area (Å²) in [7, 11) is 0. The van der Waals surface area contributed by atoms with Gasteiger partial charge in [0.2, 0.25) is 0 Å². The molecule has 8 rings (SSSR count). The third kappa shape index (κ3) is 3.35. The van der Waals surface area contributed by atoms with E-state index >= 15 is 0 Å². The van der Waals surface area contributed by atoms with E-state index in [1.165, 1.54) is 32.3 Å². The van der Waals surface area contributed by atoms with Gasteiger partial charge in [-0.3, -0.25) is 0 Å². The Kier molecular flexibility index (Phi) is 4.55. The van der Waals surface area contributed by atoms with E-state index in [0.717, 1.165) is 44.3 Å². The minimum atomic E-state index is 0.980. The lowest BCUT2D eigenvalue weighted by atomic mass is 9.95. The van der Waals surface area contributed by atoms with Crippen molar-refractivity contribution >= 4 is 54.1 Å². The zero-order valence-electron chi connectivity index (χ0n) is 20.6. The zero-order valence-corrected chi connectivity index (χ0v) is 20.6. The fraction of sp³-hybridized carbons (Fsp3) is 0. The van der Waals surface area contributed by atoms with Crippen LogP contribution in [0.2, 0.25) is 0 Å². The van der Waals surface area contributed by atoms with Crippen LogP contribution in [0.5, 0.6) is 0 Å². The van der Waals surface area contributed by atoms with Gasteiger partial charge in [-0.25, -0.2) is 9.97 Å². The van der Waals surface area contributed by atoms with Crippen molar-refractivity contribution in [1.29, 1.82) is 0 Å². The zero-order chi connectivity index (χ0) is 25.1. The molecule has 0 aliphatic rings. The predicted molar refractivity (Wildman–Crippen MR) is 160 cm³/mol. The van der Waals surface area contributed by atoms with Gasteiger partial charge in [0.05, 0.1) is 22.4 Å². The Labute approximate surface area is 219 Å². The average Bonchev–Trinajstić information content (AvgIpc) is 2.98. The van der Waals surface area contributed by atoms with E-state index in [1.807, 2.05) is 0 Å². The molecule has 176 valence electrons. The number of aromatic nitrogens is 2. The fourth-order valence-corrected chi connectivity index (χ4v) is 5.67. The lowest BCUT2D eigenvalue weighted by Crippen LogP contribution is -1.91. The molecule has 0 unspecified atom stereocenters. The third-order valence-corrected chi connectivity index (χ3v) is 7.59. The summed E-state index contributed by atoms with van der Waals surface area (Å²) in [5.74, 6) is 0. The molecule has 0 atom stereocenters. The Morgan fingerprint density at radius 2 is 0.711 bits per heavy atom. The molecule has 0 amide bonds. The number of pyridine rings is 2. The van der Waals surface area contributed by atoms with Crippen LogP contribution in [0.15, 0.2) is 133 Å². The van der Waals surface area contributed by atoms with Crippen molar-refractivity contribution in [2.75, 3.05) is 0 Å². The second-order valence-corrected chi connectivity index (χ2v) is 9.88. The number of benzene rings is 6. The highest BCUT2D eigenvalue weighted by molar-refractivity contribution is 6.06. The largest absolute Gasteiger partial charge is 0.248 e. The molecule has 0 fully saturated rings. The molecule has 2 aromatic heterocycles. The second kappa shape index (κ2) is 8.22. The molecule has 2 nitrogen and oxygen atoms in total. The van der Waals surface area contributed by atoms with Gasteiger partial charge in [0.1, 0.15) is 0 Å². The molecule has 8 aromatic rings. The minimum absolute atomic E-state index is 0.980. The van der Waals surface area contributed by atoms with Crippen molar-refractivity contribution in [3.63, 3.8) is 0 Å². The van der Waals surface area contributed by atoms with Crippen molar-refractivity contribution in [2.45, 2.75) is 0 Å². The molecule has 2 heterocycles. The second-order valence-electron chi connectivity index (χ2n) is 9.88. The van der Waals surface area contributed by atoms with Crippen LogP contribution in [0.1, 0.15) is 0 Å². The number of hydrogen-bond donors (Lipinski definition) is 0. The normalized spacial score (nSPS) is 11.7. The lowest BCUT2D eigenvalue weighted by molar-refractivity contribution is 1.40. The summed E-state index contributed by atoms with van der Waals surface area (Å²) < 4.78 is 0. The van der Waals surface area contributed by atoms with Crippen molar-refractivity contribution in [3.05, 3.63) is 133 Å². The molecule has 0 aliphatic heterocycles. The van der Waals surface area contributed by atoms with Crippen molar-refractivity contribution in [3.8, 4) is 22.5 Å². The highest BCUT2D eigenvalue weighted by atomic mass is 14.7. The molecule has 6 aromatic carbocycles. The van der Waals surface area contributed by atoms with Crippen LogP contribution in [-0.2, 0) is 0 Å². The summed E-state index contributed by atoms with van der Waals surface area (Å²) in [6, 6.07) is 47.3. The van der Waals surface area contributed by atoms with Gasteiger partial charge < -0.3 is 0 Å². The number of fused-ring (bicyclic) bond motifs is 5. The van der Waals surface area contributed by atoms with Gasteiger partial charge in [-0.2, -0.15) is 0 Å². The minimum Gasteiger partial charge on any atom is -0.248 e. The van der Waals surface area contributed by atoms with Gasteiger partial charge in [0.25, 0.3) is 0 Å². The SMILES string of the molecule is c1ccc2cc3nc(-c4ccc(-c5ccc6cc7ccccc7cc6n5)c5ccccc45)ccc3cc2c1. The maximum absolute atomic E-state index is 5.10. The van der Waals surface area contributed by atoms with Crippen LogP contribution in [-0.4, -0.2) is 9.97 Å². The summed E-state index contributed by atoms with van der Waals surface area (Å²) in [6.45, 7) is 0. The Morgan fingerprint density at radius 3 is 1.16 bits per heavy atom. The molecule has 0 spiro atoms. The smallest absolute Gasteiger partial charge is 0.0715 e. The van der Waals surface area contributed by atoms with Gasteiger partial charge in [0.15, 0.2) is 0 Å². The molecule has 0 bridgehead atoms. The van der Waals surface area contributed by atoms with Gasteiger partial charge in [-0.1, -0.05) is 97.1 Å². The predicted octanol–water partition coefficient (Wildman–Crippen LogP) is 9.58. The van der Waals surface area contributed by atoms with Gasteiger partial charge >= 0.3 is 0 Å². The maximum atomic E-state index is 5.10. The van der Waals surface area contributed by atoms with Crippen LogP contribution in [0.4, 0.5) is 0 Å². The first-order valence-corrected chi connectivity index (χ1v) is 12.9. The average molecular weight is 483 g/mol. The Bertz CT molecular complexity index is 2040. The molecule has 0 N–H and O–H groups in total. The van der Waals surface area contributed by atoms with Crippen LogP contribution < -0.4 is 0 Å². The first-order chi connectivity index (χ1) is 18.8. The summed E-state index contributed by atoms with van der Waals surface area (Å²) in [4.78, 5) is 10.2. The number of rotatable bonds is 2. The van der Waals surface area contributed by atoms with Crippen LogP contribution in [0.3, 0.4) is 0 Å². The molecule has 0 saturated heterocycles. The summed E-state index contributed by atoms with van der Waals surface area (Å²) >= 11 is 0. The first kappa shape index (κ1) is 21.0. The quantitative estimate of drug-likeness (QED) is 0.229. The molecule has 0 radical (unpaired) electrons. The van der Waals surface area contributed by atoms with E-state index in [2.05, 4.69) is 133 Å². The first-order valence-electron chi connectivity index (χ1n) is 12.9. The van der Waals surface area contributed by atoms with Gasteiger partial charge in [-0.15, -0.1) is 0 Å². The monoisotopic (exact) mass is 482 g/mol. The molecule has 0 aliphatic carbocycles. The van der Waals surface area contributed by atoms with E-state index < -0.39 is 0 Å². The van der Waals surface area contributed by atoms with E-state index in [9.17, 15) is 0 Å². The molecule has 38 heavy (non-hydrogen) atoms. The van der Waals surface area contributed by atoms with Crippen molar-refractivity contribution in [2.24, 2.45) is 0 Å². The summed E-state index contributed by atoms with van der Waals surface area (Å²) in [5, 5.41) is 9.55.